The number of nitrogens with one attached hydrogen (secondary N) is 1. The molecule has 2 aromatic rings. The first-order valence-electron chi connectivity index (χ1n) is 11.7. The molecular weight excluding hydrogens is 469 g/mol. The molecule has 0 saturated heterocycles. The molecule has 0 amide bonds. The van der Waals surface area contributed by atoms with Crippen molar-refractivity contribution in [3.63, 3.8) is 0 Å². The first-order chi connectivity index (χ1) is 15.2. The zero-order valence-corrected chi connectivity index (χ0v) is 20.9. The van der Waals surface area contributed by atoms with Crippen molar-refractivity contribution in [2.75, 3.05) is 7.11 Å². The van der Waals surface area contributed by atoms with Gasteiger partial charge < -0.3 is 14.8 Å². The van der Waals surface area contributed by atoms with Crippen molar-refractivity contribution in [3.8, 4) is 11.5 Å². The molecule has 0 heterocycles. The van der Waals surface area contributed by atoms with Crippen molar-refractivity contribution in [1.29, 1.82) is 0 Å². The predicted molar refractivity (Wildman–Crippen MR) is 128 cm³/mol. The lowest BCUT2D eigenvalue weighted by Crippen LogP contribution is -2.63. The van der Waals surface area contributed by atoms with Gasteiger partial charge in [0.05, 0.1) is 11.6 Å². The highest BCUT2D eigenvalue weighted by atomic mass is 79.9. The molecule has 4 atom stereocenters. The van der Waals surface area contributed by atoms with Crippen LogP contribution in [0.5, 0.6) is 11.5 Å². The first kappa shape index (κ1) is 22.2. The van der Waals surface area contributed by atoms with Gasteiger partial charge in [0.25, 0.3) is 0 Å². The van der Waals surface area contributed by atoms with Gasteiger partial charge in [-0.1, -0.05) is 32.0 Å². The molecule has 2 unspecified atom stereocenters. The van der Waals surface area contributed by atoms with E-state index >= 15 is 0 Å². The second-order valence-corrected chi connectivity index (χ2v) is 12.1. The van der Waals surface area contributed by atoms with E-state index in [0.717, 1.165) is 22.5 Å². The molecule has 6 rings (SSSR count). The Balaban J connectivity index is 1.31. The molecule has 0 aromatic heterocycles. The Morgan fingerprint density at radius 1 is 1.06 bits per heavy atom. The second-order valence-electron chi connectivity index (χ2n) is 11.3. The number of hydrogen-bond acceptors (Lipinski definition) is 3. The van der Waals surface area contributed by atoms with E-state index in [1.165, 1.54) is 44.6 Å². The number of benzene rings is 2. The smallest absolute Gasteiger partial charge is 0.175 e. The minimum Gasteiger partial charge on any atom is -0.493 e. The molecule has 2 aromatic carbocycles. The second kappa shape index (κ2) is 8.02. The third-order valence-corrected chi connectivity index (χ3v) is 8.50. The quantitative estimate of drug-likeness (QED) is 0.442. The monoisotopic (exact) mass is 501 g/mol. The number of methoxy groups -OCH3 is 1. The van der Waals surface area contributed by atoms with Crippen molar-refractivity contribution in [2.45, 2.75) is 71.1 Å². The topological polar surface area (TPSA) is 30.5 Å². The summed E-state index contributed by atoms with van der Waals surface area (Å²) in [5.74, 6) is 1.87. The summed E-state index contributed by atoms with van der Waals surface area (Å²) in [7, 11) is 1.65. The summed E-state index contributed by atoms with van der Waals surface area (Å²) < 4.78 is 26.4. The fourth-order valence-corrected chi connectivity index (χ4v) is 8.32. The van der Waals surface area contributed by atoms with Gasteiger partial charge in [-0.05, 0) is 95.0 Å². The summed E-state index contributed by atoms with van der Waals surface area (Å²) in [5.41, 5.74) is 2.92. The molecule has 4 aliphatic rings. The molecule has 1 N–H and O–H groups in total. The van der Waals surface area contributed by atoms with E-state index in [1.807, 2.05) is 12.1 Å². The molecule has 4 fully saturated rings. The van der Waals surface area contributed by atoms with Crippen LogP contribution >= 0.6 is 15.9 Å². The van der Waals surface area contributed by atoms with Crippen molar-refractivity contribution in [3.05, 3.63) is 57.8 Å². The highest BCUT2D eigenvalue weighted by Gasteiger charge is 2.59. The molecule has 32 heavy (non-hydrogen) atoms. The average Bonchev–Trinajstić information content (AvgIpc) is 2.69. The fourth-order valence-electron chi connectivity index (χ4n) is 7.72. The van der Waals surface area contributed by atoms with Crippen LogP contribution in [0.2, 0.25) is 0 Å². The van der Waals surface area contributed by atoms with Gasteiger partial charge in [-0.15, -0.1) is 0 Å². The predicted octanol–water partition coefficient (Wildman–Crippen LogP) is 7.01. The SMILES string of the molecule is COc1cc(CNC23CC4C[C@@](C)(C2)C[C@](C)(C4)C3)cc(Br)c1OCc1ccccc1F. The minimum atomic E-state index is -0.263. The lowest BCUT2D eigenvalue weighted by molar-refractivity contribution is -0.118. The molecule has 0 aliphatic heterocycles. The van der Waals surface area contributed by atoms with Gasteiger partial charge >= 0.3 is 0 Å². The van der Waals surface area contributed by atoms with Crippen LogP contribution in [0.3, 0.4) is 0 Å². The molecule has 172 valence electrons. The number of ether oxygens (including phenoxy) is 2. The van der Waals surface area contributed by atoms with Crippen LogP contribution in [-0.4, -0.2) is 12.6 Å². The van der Waals surface area contributed by atoms with E-state index in [1.54, 1.807) is 19.2 Å². The number of halogens is 2. The standard InChI is InChI=1S/C27H33BrFNO2/c1-25-10-19-11-26(2,15-25)17-27(12-19,16-25)30-13-18-8-21(28)24(23(9-18)31-3)32-14-20-6-4-5-7-22(20)29/h4-9,19,30H,10-17H2,1-3H3/t19?,25-,26+,27?. The Bertz CT molecular complexity index is 1010. The van der Waals surface area contributed by atoms with Crippen molar-refractivity contribution >= 4 is 15.9 Å². The van der Waals surface area contributed by atoms with Gasteiger partial charge in [-0.25, -0.2) is 4.39 Å². The molecule has 4 saturated carbocycles. The van der Waals surface area contributed by atoms with Gasteiger partial charge in [-0.2, -0.15) is 0 Å². The zero-order valence-electron chi connectivity index (χ0n) is 19.3. The molecule has 5 heteroatoms. The molecule has 4 aliphatic carbocycles. The van der Waals surface area contributed by atoms with Gasteiger partial charge in [0.2, 0.25) is 0 Å². The van der Waals surface area contributed by atoms with E-state index in [2.05, 4.69) is 41.2 Å². The largest absolute Gasteiger partial charge is 0.493 e. The highest BCUT2D eigenvalue weighted by molar-refractivity contribution is 9.10. The van der Waals surface area contributed by atoms with Gasteiger partial charge in [0.1, 0.15) is 12.4 Å². The summed E-state index contributed by atoms with van der Waals surface area (Å²) in [5, 5.41) is 3.99. The summed E-state index contributed by atoms with van der Waals surface area (Å²) in [6, 6.07) is 10.8. The molecule has 4 bridgehead atoms. The summed E-state index contributed by atoms with van der Waals surface area (Å²) >= 11 is 3.66. The highest BCUT2D eigenvalue weighted by Crippen LogP contribution is 2.66. The Labute approximate surface area is 199 Å². The molecule has 0 radical (unpaired) electrons. The van der Waals surface area contributed by atoms with Gasteiger partial charge in [0, 0.05) is 17.6 Å². The van der Waals surface area contributed by atoms with Crippen LogP contribution in [0.15, 0.2) is 40.9 Å². The van der Waals surface area contributed by atoms with E-state index < -0.39 is 0 Å². The van der Waals surface area contributed by atoms with Gasteiger partial charge in [-0.3, -0.25) is 0 Å². The number of rotatable bonds is 7. The summed E-state index contributed by atoms with van der Waals surface area (Å²) in [6.45, 7) is 5.98. The maximum absolute atomic E-state index is 14.0. The minimum absolute atomic E-state index is 0.154. The fraction of sp³-hybridized carbons (Fsp3) is 0.556. The van der Waals surface area contributed by atoms with Crippen LogP contribution in [-0.2, 0) is 13.2 Å². The Hall–Kier alpha value is -1.59. The van der Waals surface area contributed by atoms with Crippen molar-refractivity contribution in [1.82, 2.24) is 5.32 Å². The van der Waals surface area contributed by atoms with E-state index in [-0.39, 0.29) is 18.0 Å². The maximum Gasteiger partial charge on any atom is 0.175 e. The average molecular weight is 502 g/mol. The lowest BCUT2D eigenvalue weighted by Gasteiger charge is -2.65. The van der Waals surface area contributed by atoms with Crippen LogP contribution < -0.4 is 14.8 Å². The Morgan fingerprint density at radius 2 is 1.78 bits per heavy atom. The summed E-state index contributed by atoms with van der Waals surface area (Å²) in [6.07, 6.45) is 8.06. The van der Waals surface area contributed by atoms with E-state index in [4.69, 9.17) is 9.47 Å². The molecule has 0 spiro atoms. The normalized spacial score (nSPS) is 32.8. The first-order valence-corrected chi connectivity index (χ1v) is 12.5. The van der Waals surface area contributed by atoms with Crippen molar-refractivity contribution < 1.29 is 13.9 Å². The van der Waals surface area contributed by atoms with Crippen LogP contribution in [0.25, 0.3) is 0 Å². The number of hydrogen-bond donors (Lipinski definition) is 1. The van der Waals surface area contributed by atoms with Crippen molar-refractivity contribution in [2.24, 2.45) is 16.7 Å². The van der Waals surface area contributed by atoms with Gasteiger partial charge in [0.15, 0.2) is 11.5 Å². The Morgan fingerprint density at radius 3 is 2.44 bits per heavy atom. The van der Waals surface area contributed by atoms with Crippen LogP contribution in [0.4, 0.5) is 4.39 Å². The lowest BCUT2D eigenvalue weighted by atomic mass is 9.43. The summed E-state index contributed by atoms with van der Waals surface area (Å²) in [4.78, 5) is 0. The molecular formula is C27H33BrFNO2. The van der Waals surface area contributed by atoms with Crippen LogP contribution in [0, 0.1) is 22.6 Å². The van der Waals surface area contributed by atoms with E-state index in [9.17, 15) is 4.39 Å². The third kappa shape index (κ3) is 4.19. The van der Waals surface area contributed by atoms with E-state index in [0.29, 0.717) is 27.9 Å². The Kier molecular flexibility index (Phi) is 5.57. The zero-order chi connectivity index (χ0) is 22.6. The molecule has 3 nitrogen and oxygen atoms in total. The van der Waals surface area contributed by atoms with Crippen LogP contribution in [0.1, 0.15) is 63.5 Å². The third-order valence-electron chi connectivity index (χ3n) is 7.91. The maximum atomic E-state index is 14.0.